The fraction of sp³-hybridized carbons (Fsp3) is 0.520. The summed E-state index contributed by atoms with van der Waals surface area (Å²) in [5, 5.41) is 2.91. The number of carbonyl (C=O) groups excluding carboxylic acids is 1. The molecule has 1 aromatic rings. The summed E-state index contributed by atoms with van der Waals surface area (Å²) < 4.78 is 0. The van der Waals surface area contributed by atoms with E-state index in [9.17, 15) is 9.59 Å². The zero-order valence-electron chi connectivity index (χ0n) is 19.2. The number of aromatic amines is 1. The van der Waals surface area contributed by atoms with Crippen molar-refractivity contribution in [3.8, 4) is 0 Å². The number of nitrogens with one attached hydrogen (secondary N) is 2. The molecule has 5 nitrogen and oxygen atoms in total. The Hall–Kier alpha value is -2.56. The summed E-state index contributed by atoms with van der Waals surface area (Å²) in [6, 6.07) is 2.44. The smallest absolute Gasteiger partial charge is 0.253 e. The number of hydrogen-bond acceptors (Lipinski definition) is 3. The van der Waals surface area contributed by atoms with Gasteiger partial charge in [0.2, 0.25) is 0 Å². The van der Waals surface area contributed by atoms with Crippen LogP contribution in [0.3, 0.4) is 0 Å². The number of allylic oxidation sites excluding steroid dienone is 2. The van der Waals surface area contributed by atoms with Crippen molar-refractivity contribution in [3.63, 3.8) is 0 Å². The lowest BCUT2D eigenvalue weighted by atomic mass is 9.92. The Balaban J connectivity index is 2.24. The zero-order chi connectivity index (χ0) is 22.3. The molecule has 1 aromatic heterocycles. The molecule has 0 aromatic carbocycles. The molecular formula is C25H37N3O2. The van der Waals surface area contributed by atoms with E-state index in [-0.39, 0.29) is 18.0 Å². The van der Waals surface area contributed by atoms with Gasteiger partial charge >= 0.3 is 0 Å². The lowest BCUT2D eigenvalue weighted by molar-refractivity contribution is -0.117. The van der Waals surface area contributed by atoms with Crippen LogP contribution in [0.4, 0.5) is 0 Å². The Morgan fingerprint density at radius 1 is 1.30 bits per heavy atom. The van der Waals surface area contributed by atoms with Gasteiger partial charge < -0.3 is 15.2 Å². The van der Waals surface area contributed by atoms with Crippen molar-refractivity contribution in [1.29, 1.82) is 0 Å². The van der Waals surface area contributed by atoms with Crippen molar-refractivity contribution in [2.45, 2.75) is 79.3 Å². The Kier molecular flexibility index (Phi) is 8.70. The van der Waals surface area contributed by atoms with E-state index < -0.39 is 0 Å². The second-order valence-electron chi connectivity index (χ2n) is 8.12. The maximum Gasteiger partial charge on any atom is 0.253 e. The van der Waals surface area contributed by atoms with Gasteiger partial charge in [-0.1, -0.05) is 38.0 Å². The van der Waals surface area contributed by atoms with Gasteiger partial charge in [0.25, 0.3) is 11.5 Å². The Labute approximate surface area is 181 Å². The van der Waals surface area contributed by atoms with E-state index in [1.165, 1.54) is 32.1 Å². The highest BCUT2D eigenvalue weighted by atomic mass is 16.2. The average molecular weight is 412 g/mol. The van der Waals surface area contributed by atoms with Gasteiger partial charge in [0.05, 0.1) is 0 Å². The van der Waals surface area contributed by atoms with Crippen LogP contribution in [-0.4, -0.2) is 28.4 Å². The van der Waals surface area contributed by atoms with E-state index in [1.54, 1.807) is 6.08 Å². The summed E-state index contributed by atoms with van der Waals surface area (Å²) in [5.74, 6) is -0.207. The zero-order valence-corrected chi connectivity index (χ0v) is 19.2. The van der Waals surface area contributed by atoms with E-state index in [4.69, 9.17) is 0 Å². The van der Waals surface area contributed by atoms with Crippen molar-refractivity contribution in [2.75, 3.05) is 6.54 Å². The van der Waals surface area contributed by atoms with E-state index in [1.807, 2.05) is 33.8 Å². The van der Waals surface area contributed by atoms with Crippen LogP contribution in [0.1, 0.15) is 69.7 Å². The van der Waals surface area contributed by atoms with Gasteiger partial charge in [-0.05, 0) is 64.7 Å². The molecule has 0 spiro atoms. The minimum absolute atomic E-state index is 0.155. The Morgan fingerprint density at radius 2 is 1.97 bits per heavy atom. The van der Waals surface area contributed by atoms with Crippen molar-refractivity contribution in [1.82, 2.24) is 15.2 Å². The molecule has 0 atom stereocenters. The molecule has 1 saturated carbocycles. The number of carbonyl (C=O) groups is 1. The standard InChI is InChI=1S/C25H37N3O2/c1-7-21(24(29)26-16-22-17(4)15-18(5)27-25(22)30)19(6)23(8-2)28(9-3)20-13-11-10-12-14-20/h7-8,15,20H,1,9-14,16H2,2-6H3,(H,26,29)(H,27,30)/b21-19+,23-8+. The van der Waals surface area contributed by atoms with E-state index in [0.717, 1.165) is 29.1 Å². The first-order chi connectivity index (χ1) is 14.3. The number of amides is 1. The number of aromatic nitrogens is 1. The maximum atomic E-state index is 13.0. The van der Waals surface area contributed by atoms with Crippen LogP contribution < -0.4 is 10.9 Å². The molecule has 164 valence electrons. The molecule has 5 heteroatoms. The largest absolute Gasteiger partial charge is 0.369 e. The van der Waals surface area contributed by atoms with Crippen molar-refractivity contribution >= 4 is 5.91 Å². The predicted molar refractivity (Wildman–Crippen MR) is 124 cm³/mol. The average Bonchev–Trinajstić information content (AvgIpc) is 2.72. The topological polar surface area (TPSA) is 65.2 Å². The second-order valence-corrected chi connectivity index (χ2v) is 8.12. The van der Waals surface area contributed by atoms with Crippen molar-refractivity contribution in [3.05, 3.63) is 68.8 Å². The fourth-order valence-electron chi connectivity index (χ4n) is 4.53. The lowest BCUT2D eigenvalue weighted by Gasteiger charge is -2.37. The minimum atomic E-state index is -0.207. The lowest BCUT2D eigenvalue weighted by Crippen LogP contribution is -2.37. The fourth-order valence-corrected chi connectivity index (χ4v) is 4.53. The van der Waals surface area contributed by atoms with Crippen LogP contribution >= 0.6 is 0 Å². The number of hydrogen-bond donors (Lipinski definition) is 2. The first kappa shape index (κ1) is 23.7. The second kappa shape index (κ2) is 11.0. The normalized spacial score (nSPS) is 16.1. The van der Waals surface area contributed by atoms with Crippen LogP contribution in [0.25, 0.3) is 0 Å². The molecule has 2 N–H and O–H groups in total. The monoisotopic (exact) mass is 411 g/mol. The maximum absolute atomic E-state index is 13.0. The van der Waals surface area contributed by atoms with Gasteiger partial charge in [-0.3, -0.25) is 9.59 Å². The molecular weight excluding hydrogens is 374 g/mol. The molecule has 0 unspecified atom stereocenters. The number of nitrogens with zero attached hydrogens (tertiary/aromatic N) is 1. The summed E-state index contributed by atoms with van der Waals surface area (Å²) in [5.41, 5.74) is 4.69. The molecule has 0 aliphatic heterocycles. The molecule has 2 rings (SSSR count). The van der Waals surface area contributed by atoms with E-state index >= 15 is 0 Å². The van der Waals surface area contributed by atoms with Gasteiger partial charge in [-0.2, -0.15) is 0 Å². The van der Waals surface area contributed by atoms with Crippen LogP contribution in [0.15, 0.2) is 46.4 Å². The molecule has 30 heavy (non-hydrogen) atoms. The molecule has 0 bridgehead atoms. The predicted octanol–water partition coefficient (Wildman–Crippen LogP) is 4.67. The highest BCUT2D eigenvalue weighted by Gasteiger charge is 2.24. The number of pyridine rings is 1. The molecule has 0 saturated heterocycles. The summed E-state index contributed by atoms with van der Waals surface area (Å²) in [6.07, 6.45) is 9.95. The summed E-state index contributed by atoms with van der Waals surface area (Å²) >= 11 is 0. The molecule has 1 heterocycles. The summed E-state index contributed by atoms with van der Waals surface area (Å²) in [6.45, 7) is 14.9. The molecule has 1 aliphatic rings. The van der Waals surface area contributed by atoms with Crippen molar-refractivity contribution < 1.29 is 4.79 Å². The number of rotatable bonds is 8. The number of likely N-dealkylation sites (N-methyl/N-ethyl adjacent to an activating group) is 1. The molecule has 0 radical (unpaired) electrons. The quantitative estimate of drug-likeness (QED) is 0.483. The minimum Gasteiger partial charge on any atom is -0.369 e. The van der Waals surface area contributed by atoms with Crippen LogP contribution in [0.5, 0.6) is 0 Å². The van der Waals surface area contributed by atoms with Gasteiger partial charge in [-0.25, -0.2) is 0 Å². The Bertz CT molecular complexity index is 886. The van der Waals surface area contributed by atoms with Gasteiger partial charge in [0.15, 0.2) is 0 Å². The first-order valence-corrected chi connectivity index (χ1v) is 11.1. The van der Waals surface area contributed by atoms with Crippen molar-refractivity contribution in [2.24, 2.45) is 0 Å². The van der Waals surface area contributed by atoms with Crippen LogP contribution in [0.2, 0.25) is 0 Å². The van der Waals surface area contributed by atoms with Gasteiger partial charge in [-0.15, -0.1) is 0 Å². The van der Waals surface area contributed by atoms with Gasteiger partial charge in [0, 0.05) is 41.7 Å². The first-order valence-electron chi connectivity index (χ1n) is 11.1. The molecule has 1 amide bonds. The SMILES string of the molecule is C=C/C(C(=O)NCc1c(C)cc(C)[nH]c1=O)=C(C)\C(=C/C)N(CC)C1CCCCC1. The van der Waals surface area contributed by atoms with E-state index in [0.29, 0.717) is 17.2 Å². The number of H-pyrrole nitrogens is 1. The molecule has 1 aliphatic carbocycles. The van der Waals surface area contributed by atoms with E-state index in [2.05, 4.69) is 34.8 Å². The highest BCUT2D eigenvalue weighted by Crippen LogP contribution is 2.29. The van der Waals surface area contributed by atoms with Gasteiger partial charge in [0.1, 0.15) is 0 Å². The highest BCUT2D eigenvalue weighted by molar-refractivity contribution is 5.97. The third kappa shape index (κ3) is 5.53. The van der Waals surface area contributed by atoms with Crippen LogP contribution in [0, 0.1) is 13.8 Å². The van der Waals surface area contributed by atoms with Crippen LogP contribution in [-0.2, 0) is 11.3 Å². The summed E-state index contributed by atoms with van der Waals surface area (Å²) in [4.78, 5) is 30.5. The summed E-state index contributed by atoms with van der Waals surface area (Å²) in [7, 11) is 0. The molecule has 1 fully saturated rings. The third-order valence-electron chi connectivity index (χ3n) is 6.10. The third-order valence-corrected chi connectivity index (χ3v) is 6.10. The number of aryl methyl sites for hydroxylation is 2. The Morgan fingerprint density at radius 3 is 2.50 bits per heavy atom.